The zero-order chi connectivity index (χ0) is 25.2. The number of anilines is 1. The van der Waals surface area contributed by atoms with Crippen LogP contribution in [0.3, 0.4) is 0 Å². The Morgan fingerprint density at radius 3 is 2.43 bits per heavy atom. The summed E-state index contributed by atoms with van der Waals surface area (Å²) >= 11 is 0. The number of amides is 1. The van der Waals surface area contributed by atoms with Gasteiger partial charge in [0.25, 0.3) is 5.91 Å². The molecule has 0 aliphatic carbocycles. The number of aryl methyl sites for hydroxylation is 1. The Balaban J connectivity index is 1.31. The van der Waals surface area contributed by atoms with Gasteiger partial charge in [-0.15, -0.1) is 0 Å². The molecule has 0 unspecified atom stereocenters. The standard InChI is InChI=1S/C23H29N3O7S2/c1-17-5-10-20-21(15-17)33-22(16-26(20)34(2,28)29)23(27)24-11-14-32-18-6-8-19(9-7-18)35(30,31)25-12-3-4-13-25/h5-10,15,22H,3-4,11-14,16H2,1-2H3,(H,24,27)/t22-/m1/s1. The van der Waals surface area contributed by atoms with Crippen molar-refractivity contribution in [2.75, 3.05) is 43.3 Å². The van der Waals surface area contributed by atoms with Gasteiger partial charge in [-0.25, -0.2) is 16.8 Å². The van der Waals surface area contributed by atoms with Crippen LogP contribution in [0, 0.1) is 6.92 Å². The minimum atomic E-state index is -3.60. The average Bonchev–Trinajstić information content (AvgIpc) is 3.36. The number of nitrogens with one attached hydrogen (secondary N) is 1. The number of sulfonamides is 2. The molecule has 0 aromatic heterocycles. The third-order valence-corrected chi connectivity index (χ3v) is 8.93. The van der Waals surface area contributed by atoms with Gasteiger partial charge in [0.2, 0.25) is 20.0 Å². The quantitative estimate of drug-likeness (QED) is 0.521. The van der Waals surface area contributed by atoms with Crippen LogP contribution in [-0.2, 0) is 24.8 Å². The molecule has 0 radical (unpaired) electrons. The maximum atomic E-state index is 12.7. The van der Waals surface area contributed by atoms with Crippen molar-refractivity contribution < 1.29 is 31.1 Å². The highest BCUT2D eigenvalue weighted by Crippen LogP contribution is 2.35. The van der Waals surface area contributed by atoms with E-state index in [0.29, 0.717) is 30.3 Å². The average molecular weight is 524 g/mol. The molecule has 0 saturated carbocycles. The second-order valence-corrected chi connectivity index (χ2v) is 12.4. The summed E-state index contributed by atoms with van der Waals surface area (Å²) < 4.78 is 63.8. The number of benzene rings is 2. The highest BCUT2D eigenvalue weighted by Gasteiger charge is 2.35. The first-order valence-corrected chi connectivity index (χ1v) is 14.6. The molecule has 10 nitrogen and oxygen atoms in total. The third kappa shape index (κ3) is 5.71. The molecular weight excluding hydrogens is 494 g/mol. The van der Waals surface area contributed by atoms with E-state index in [4.69, 9.17) is 9.47 Å². The molecule has 2 heterocycles. The topological polar surface area (TPSA) is 122 Å². The first-order chi connectivity index (χ1) is 16.6. The van der Waals surface area contributed by atoms with E-state index in [-0.39, 0.29) is 24.6 Å². The van der Waals surface area contributed by atoms with Crippen LogP contribution in [0.5, 0.6) is 11.5 Å². The lowest BCUT2D eigenvalue weighted by atomic mass is 10.1. The molecule has 0 bridgehead atoms. The van der Waals surface area contributed by atoms with E-state index in [1.165, 1.54) is 20.7 Å². The van der Waals surface area contributed by atoms with Gasteiger partial charge in [0.05, 0.1) is 29.9 Å². The number of carbonyl (C=O) groups is 1. The Morgan fingerprint density at radius 1 is 1.09 bits per heavy atom. The molecule has 2 aliphatic heterocycles. The molecule has 1 amide bonds. The predicted molar refractivity (Wildman–Crippen MR) is 131 cm³/mol. The molecule has 12 heteroatoms. The van der Waals surface area contributed by atoms with E-state index in [1.807, 2.05) is 6.92 Å². The molecule has 4 rings (SSSR count). The summed E-state index contributed by atoms with van der Waals surface area (Å²) in [6, 6.07) is 11.3. The van der Waals surface area contributed by atoms with Gasteiger partial charge < -0.3 is 14.8 Å². The van der Waals surface area contributed by atoms with Crippen LogP contribution in [0.25, 0.3) is 0 Å². The van der Waals surface area contributed by atoms with Crippen molar-refractivity contribution in [3.63, 3.8) is 0 Å². The van der Waals surface area contributed by atoms with Gasteiger partial charge in [0.15, 0.2) is 6.10 Å². The lowest BCUT2D eigenvalue weighted by Crippen LogP contribution is -2.51. The molecular formula is C23H29N3O7S2. The van der Waals surface area contributed by atoms with Crippen molar-refractivity contribution in [3.8, 4) is 11.5 Å². The number of ether oxygens (including phenoxy) is 2. The Morgan fingerprint density at radius 2 is 1.77 bits per heavy atom. The van der Waals surface area contributed by atoms with Crippen LogP contribution in [0.4, 0.5) is 5.69 Å². The Kier molecular flexibility index (Phi) is 7.25. The van der Waals surface area contributed by atoms with E-state index in [1.54, 1.807) is 30.3 Å². The number of rotatable bonds is 8. The first kappa shape index (κ1) is 25.3. The SMILES string of the molecule is Cc1ccc2c(c1)O[C@@H](C(=O)NCCOc1ccc(S(=O)(=O)N3CCCC3)cc1)CN2S(C)(=O)=O. The number of carbonyl (C=O) groups excluding carboxylic acids is 1. The molecule has 2 aromatic rings. The van der Waals surface area contributed by atoms with Crippen LogP contribution in [-0.4, -0.2) is 72.2 Å². The van der Waals surface area contributed by atoms with Crippen molar-refractivity contribution in [3.05, 3.63) is 48.0 Å². The van der Waals surface area contributed by atoms with Crippen LogP contribution < -0.4 is 19.1 Å². The fourth-order valence-corrected chi connectivity index (χ4v) is 6.49. The van der Waals surface area contributed by atoms with E-state index in [9.17, 15) is 21.6 Å². The summed E-state index contributed by atoms with van der Waals surface area (Å²) in [6.45, 7) is 3.10. The van der Waals surface area contributed by atoms with Crippen molar-refractivity contribution in [2.24, 2.45) is 0 Å². The maximum Gasteiger partial charge on any atom is 0.263 e. The summed E-state index contributed by atoms with van der Waals surface area (Å²) in [5.74, 6) is 0.352. The van der Waals surface area contributed by atoms with E-state index in [2.05, 4.69) is 5.32 Å². The zero-order valence-electron chi connectivity index (χ0n) is 19.6. The fraction of sp³-hybridized carbons (Fsp3) is 0.435. The molecule has 2 aliphatic rings. The van der Waals surface area contributed by atoms with Gasteiger partial charge in [-0.2, -0.15) is 4.31 Å². The van der Waals surface area contributed by atoms with E-state index < -0.39 is 32.1 Å². The van der Waals surface area contributed by atoms with Crippen LogP contribution in [0.15, 0.2) is 47.4 Å². The lowest BCUT2D eigenvalue weighted by molar-refractivity contribution is -0.127. The first-order valence-electron chi connectivity index (χ1n) is 11.3. The maximum absolute atomic E-state index is 12.7. The van der Waals surface area contributed by atoms with Gasteiger partial charge in [0.1, 0.15) is 18.1 Å². The Bertz CT molecular complexity index is 1290. The molecule has 1 atom stereocenters. The summed E-state index contributed by atoms with van der Waals surface area (Å²) in [4.78, 5) is 12.9. The number of hydrogen-bond donors (Lipinski definition) is 1. The number of hydrogen-bond acceptors (Lipinski definition) is 7. The third-order valence-electron chi connectivity index (χ3n) is 5.87. The molecule has 1 saturated heterocycles. The minimum Gasteiger partial charge on any atom is -0.492 e. The lowest BCUT2D eigenvalue weighted by Gasteiger charge is -2.34. The van der Waals surface area contributed by atoms with Crippen LogP contribution in [0.1, 0.15) is 18.4 Å². The van der Waals surface area contributed by atoms with Gasteiger partial charge in [-0.1, -0.05) is 6.07 Å². The largest absolute Gasteiger partial charge is 0.492 e. The molecule has 0 spiro atoms. The Hall–Kier alpha value is -2.83. The van der Waals surface area contributed by atoms with E-state index in [0.717, 1.165) is 24.7 Å². The van der Waals surface area contributed by atoms with Gasteiger partial charge in [-0.3, -0.25) is 9.10 Å². The highest BCUT2D eigenvalue weighted by molar-refractivity contribution is 7.92. The number of nitrogens with zero attached hydrogens (tertiary/aromatic N) is 2. The monoisotopic (exact) mass is 523 g/mol. The van der Waals surface area contributed by atoms with Crippen LogP contribution >= 0.6 is 0 Å². The molecule has 190 valence electrons. The van der Waals surface area contributed by atoms with Crippen molar-refractivity contribution in [2.45, 2.75) is 30.8 Å². The summed E-state index contributed by atoms with van der Waals surface area (Å²) in [5.41, 5.74) is 1.28. The second-order valence-electron chi connectivity index (χ2n) is 8.59. The fourth-order valence-electron chi connectivity index (χ4n) is 4.05. The summed E-state index contributed by atoms with van der Waals surface area (Å²) in [5, 5.41) is 2.70. The summed E-state index contributed by atoms with van der Waals surface area (Å²) in [7, 11) is -7.08. The minimum absolute atomic E-state index is 0.130. The smallest absolute Gasteiger partial charge is 0.263 e. The second kappa shape index (κ2) is 10.0. The number of fused-ring (bicyclic) bond motifs is 1. The predicted octanol–water partition coefficient (Wildman–Crippen LogP) is 1.50. The molecule has 1 fully saturated rings. The van der Waals surface area contributed by atoms with Gasteiger partial charge >= 0.3 is 0 Å². The van der Waals surface area contributed by atoms with Crippen LogP contribution in [0.2, 0.25) is 0 Å². The summed E-state index contributed by atoms with van der Waals surface area (Å²) in [6.07, 6.45) is 1.83. The highest BCUT2D eigenvalue weighted by atomic mass is 32.2. The van der Waals surface area contributed by atoms with Crippen molar-refractivity contribution in [1.29, 1.82) is 0 Å². The van der Waals surface area contributed by atoms with Crippen molar-refractivity contribution >= 4 is 31.6 Å². The molecule has 35 heavy (non-hydrogen) atoms. The van der Waals surface area contributed by atoms with Gasteiger partial charge in [-0.05, 0) is 61.7 Å². The Labute approximate surface area is 205 Å². The van der Waals surface area contributed by atoms with E-state index >= 15 is 0 Å². The van der Waals surface area contributed by atoms with Gasteiger partial charge in [0, 0.05) is 13.1 Å². The van der Waals surface area contributed by atoms with Crippen molar-refractivity contribution in [1.82, 2.24) is 9.62 Å². The normalized spacial score (nSPS) is 18.6. The molecule has 1 N–H and O–H groups in total. The molecule has 2 aromatic carbocycles. The zero-order valence-corrected chi connectivity index (χ0v) is 21.3.